The van der Waals surface area contributed by atoms with E-state index in [1.54, 1.807) is 7.11 Å². The first-order valence-electron chi connectivity index (χ1n) is 7.61. The van der Waals surface area contributed by atoms with Gasteiger partial charge in [0.1, 0.15) is 11.3 Å². The van der Waals surface area contributed by atoms with Crippen molar-refractivity contribution in [2.75, 3.05) is 19.0 Å². The topological polar surface area (TPSA) is 34.2 Å². The first-order valence-corrected chi connectivity index (χ1v) is 7.61. The van der Waals surface area contributed by atoms with Crippen molar-refractivity contribution in [1.29, 1.82) is 0 Å². The van der Waals surface area contributed by atoms with E-state index in [4.69, 9.17) is 9.72 Å². The molecule has 1 N–H and O–H groups in total. The third-order valence-corrected chi connectivity index (χ3v) is 3.69. The lowest BCUT2D eigenvalue weighted by molar-refractivity contribution is 0.418. The molecule has 0 aliphatic carbocycles. The fourth-order valence-corrected chi connectivity index (χ4v) is 2.43. The van der Waals surface area contributed by atoms with Crippen LogP contribution in [0, 0.1) is 6.92 Å². The van der Waals surface area contributed by atoms with Gasteiger partial charge in [-0.1, -0.05) is 33.8 Å². The number of benzene rings is 1. The summed E-state index contributed by atoms with van der Waals surface area (Å²) in [7, 11) is 1.70. The van der Waals surface area contributed by atoms with E-state index in [0.29, 0.717) is 0 Å². The fourth-order valence-electron chi connectivity index (χ4n) is 2.43. The second kappa shape index (κ2) is 5.92. The molecule has 2 rings (SSSR count). The Hall–Kier alpha value is -1.77. The summed E-state index contributed by atoms with van der Waals surface area (Å²) >= 11 is 0. The summed E-state index contributed by atoms with van der Waals surface area (Å²) in [6, 6.07) is 6.28. The second-order valence-electron chi connectivity index (χ2n) is 6.54. The molecule has 0 aliphatic rings. The van der Waals surface area contributed by atoms with Crippen LogP contribution < -0.4 is 10.1 Å². The first-order chi connectivity index (χ1) is 9.88. The van der Waals surface area contributed by atoms with Gasteiger partial charge in [0.15, 0.2) is 0 Å². The number of pyridine rings is 1. The number of hydrogen-bond acceptors (Lipinski definition) is 3. The van der Waals surface area contributed by atoms with E-state index < -0.39 is 0 Å². The van der Waals surface area contributed by atoms with Crippen LogP contribution in [0.15, 0.2) is 18.2 Å². The molecule has 0 amide bonds. The molecule has 0 bridgehead atoms. The van der Waals surface area contributed by atoms with Crippen LogP contribution >= 0.6 is 0 Å². The number of methoxy groups -OCH3 is 1. The maximum absolute atomic E-state index is 5.52. The lowest BCUT2D eigenvalue weighted by Gasteiger charge is -2.22. The van der Waals surface area contributed by atoms with Gasteiger partial charge in [0.2, 0.25) is 0 Å². The fraction of sp³-hybridized carbons (Fsp3) is 0.500. The predicted molar refractivity (Wildman–Crippen MR) is 90.5 cm³/mol. The maximum atomic E-state index is 5.52. The molecule has 0 saturated heterocycles. The molecule has 0 spiro atoms. The summed E-state index contributed by atoms with van der Waals surface area (Å²) in [6.45, 7) is 11.8. The largest absolute Gasteiger partial charge is 0.494 e. The maximum Gasteiger partial charge on any atom is 0.145 e. The van der Waals surface area contributed by atoms with Crippen LogP contribution in [-0.4, -0.2) is 18.6 Å². The van der Waals surface area contributed by atoms with Gasteiger partial charge in [0.05, 0.1) is 7.11 Å². The Morgan fingerprint density at radius 1 is 1.24 bits per heavy atom. The van der Waals surface area contributed by atoms with Crippen LogP contribution in [0.1, 0.15) is 45.4 Å². The molecule has 1 aromatic heterocycles. The standard InChI is InChI=1S/C18H26N2O/c1-7-10-19-13-11-15(18(3,4)5)20-17-14(21-6)9-8-12(2)16(13)17/h8-9,11H,7,10H2,1-6H3,(H,19,20). The molecular weight excluding hydrogens is 260 g/mol. The minimum Gasteiger partial charge on any atom is -0.494 e. The number of nitrogens with zero attached hydrogens (tertiary/aromatic N) is 1. The molecule has 0 radical (unpaired) electrons. The zero-order valence-electron chi connectivity index (χ0n) is 14.0. The summed E-state index contributed by atoms with van der Waals surface area (Å²) in [5.74, 6) is 0.834. The minimum absolute atomic E-state index is 0.00555. The normalized spacial score (nSPS) is 11.7. The summed E-state index contributed by atoms with van der Waals surface area (Å²) < 4.78 is 5.52. The van der Waals surface area contributed by atoms with Crippen LogP contribution in [0.3, 0.4) is 0 Å². The van der Waals surface area contributed by atoms with Crippen molar-refractivity contribution in [1.82, 2.24) is 4.98 Å². The Labute approximate surface area is 127 Å². The molecule has 0 atom stereocenters. The molecule has 21 heavy (non-hydrogen) atoms. The van der Waals surface area contributed by atoms with Crippen LogP contribution in [0.5, 0.6) is 5.75 Å². The number of aromatic nitrogens is 1. The molecule has 0 unspecified atom stereocenters. The molecule has 3 heteroatoms. The second-order valence-corrected chi connectivity index (χ2v) is 6.54. The van der Waals surface area contributed by atoms with Crippen LogP contribution in [0.2, 0.25) is 0 Å². The highest BCUT2D eigenvalue weighted by Gasteiger charge is 2.20. The number of anilines is 1. The molecule has 0 aliphatic heterocycles. The van der Waals surface area contributed by atoms with Crippen molar-refractivity contribution >= 4 is 16.6 Å². The monoisotopic (exact) mass is 286 g/mol. The summed E-state index contributed by atoms with van der Waals surface area (Å²) in [5.41, 5.74) is 4.41. The van der Waals surface area contributed by atoms with Crippen molar-refractivity contribution in [3.63, 3.8) is 0 Å². The van der Waals surface area contributed by atoms with E-state index in [9.17, 15) is 0 Å². The lowest BCUT2D eigenvalue weighted by atomic mass is 9.90. The molecule has 114 valence electrons. The number of hydrogen-bond donors (Lipinski definition) is 1. The van der Waals surface area contributed by atoms with E-state index in [1.807, 2.05) is 6.07 Å². The zero-order chi connectivity index (χ0) is 15.6. The SMILES string of the molecule is CCCNc1cc(C(C)(C)C)nc2c(OC)ccc(C)c12. The Bertz CT molecular complexity index is 642. The molecule has 1 heterocycles. The highest BCUT2D eigenvalue weighted by atomic mass is 16.5. The summed E-state index contributed by atoms with van der Waals surface area (Å²) in [5, 5.41) is 4.71. The Balaban J connectivity index is 2.77. The first kappa shape index (κ1) is 15.6. The highest BCUT2D eigenvalue weighted by molar-refractivity contribution is 5.97. The minimum atomic E-state index is 0.00555. The zero-order valence-corrected chi connectivity index (χ0v) is 14.0. The highest BCUT2D eigenvalue weighted by Crippen LogP contribution is 2.35. The molecular formula is C18H26N2O. The lowest BCUT2D eigenvalue weighted by Crippen LogP contribution is -2.15. The van der Waals surface area contributed by atoms with Crippen molar-refractivity contribution in [2.45, 2.75) is 46.5 Å². The third kappa shape index (κ3) is 3.12. The van der Waals surface area contributed by atoms with Gasteiger partial charge >= 0.3 is 0 Å². The molecule has 0 fully saturated rings. The molecule has 1 aromatic carbocycles. The summed E-state index contributed by atoms with van der Waals surface area (Å²) in [6.07, 6.45) is 1.09. The predicted octanol–water partition coefficient (Wildman–Crippen LogP) is 4.67. The van der Waals surface area contributed by atoms with Crippen LogP contribution in [0.25, 0.3) is 10.9 Å². The van der Waals surface area contributed by atoms with Gasteiger partial charge in [0, 0.05) is 28.7 Å². The number of rotatable bonds is 4. The number of aryl methyl sites for hydroxylation is 1. The van der Waals surface area contributed by atoms with Gasteiger partial charge in [-0.25, -0.2) is 4.98 Å². The van der Waals surface area contributed by atoms with E-state index in [0.717, 1.165) is 41.0 Å². The van der Waals surface area contributed by atoms with Gasteiger partial charge in [-0.2, -0.15) is 0 Å². The Kier molecular flexibility index (Phi) is 4.40. The van der Waals surface area contributed by atoms with Gasteiger partial charge in [-0.05, 0) is 31.0 Å². The average Bonchev–Trinajstić information content (AvgIpc) is 2.43. The molecule has 3 nitrogen and oxygen atoms in total. The van der Waals surface area contributed by atoms with E-state index in [1.165, 1.54) is 5.56 Å². The molecule has 2 aromatic rings. The number of ether oxygens (including phenoxy) is 1. The van der Waals surface area contributed by atoms with Crippen LogP contribution in [-0.2, 0) is 5.41 Å². The number of fused-ring (bicyclic) bond motifs is 1. The van der Waals surface area contributed by atoms with Crippen molar-refractivity contribution in [3.8, 4) is 5.75 Å². The van der Waals surface area contributed by atoms with Crippen molar-refractivity contribution in [2.24, 2.45) is 0 Å². The third-order valence-electron chi connectivity index (χ3n) is 3.69. The molecule has 0 saturated carbocycles. The quantitative estimate of drug-likeness (QED) is 0.886. The van der Waals surface area contributed by atoms with E-state index in [-0.39, 0.29) is 5.41 Å². The van der Waals surface area contributed by atoms with Gasteiger partial charge in [-0.3, -0.25) is 0 Å². The van der Waals surface area contributed by atoms with Gasteiger partial charge < -0.3 is 10.1 Å². The van der Waals surface area contributed by atoms with Crippen molar-refractivity contribution in [3.05, 3.63) is 29.5 Å². The Morgan fingerprint density at radius 3 is 2.52 bits per heavy atom. The van der Waals surface area contributed by atoms with E-state index in [2.05, 4.69) is 52.1 Å². The van der Waals surface area contributed by atoms with Gasteiger partial charge in [0.25, 0.3) is 0 Å². The Morgan fingerprint density at radius 2 is 1.95 bits per heavy atom. The van der Waals surface area contributed by atoms with Gasteiger partial charge in [-0.15, -0.1) is 0 Å². The average molecular weight is 286 g/mol. The summed E-state index contributed by atoms with van der Waals surface area (Å²) in [4.78, 5) is 4.88. The van der Waals surface area contributed by atoms with Crippen molar-refractivity contribution < 1.29 is 4.74 Å². The number of nitrogens with one attached hydrogen (secondary N) is 1. The smallest absolute Gasteiger partial charge is 0.145 e. The van der Waals surface area contributed by atoms with Crippen LogP contribution in [0.4, 0.5) is 5.69 Å². The van der Waals surface area contributed by atoms with E-state index >= 15 is 0 Å².